The Morgan fingerprint density at radius 2 is 2.33 bits per heavy atom. The molecule has 2 rings (SSSR count). The first-order valence-electron chi connectivity index (χ1n) is 5.91. The fourth-order valence-electron chi connectivity index (χ4n) is 1.87. The van der Waals surface area contributed by atoms with Crippen molar-refractivity contribution in [2.75, 3.05) is 13.7 Å². The molecular formula is C13H16ClNO3. The van der Waals surface area contributed by atoms with Crippen LogP contribution in [0.15, 0.2) is 18.2 Å². The molecule has 1 aliphatic carbocycles. The number of rotatable bonds is 6. The maximum atomic E-state index is 11.4. The molecule has 1 fully saturated rings. The summed E-state index contributed by atoms with van der Waals surface area (Å²) in [6, 6.07) is 4.23. The molecule has 1 saturated carbocycles. The van der Waals surface area contributed by atoms with Crippen molar-refractivity contribution in [3.63, 3.8) is 0 Å². The first kappa shape index (κ1) is 13.2. The van der Waals surface area contributed by atoms with Gasteiger partial charge in [-0.15, -0.1) is 0 Å². The van der Waals surface area contributed by atoms with Crippen LogP contribution >= 0.6 is 11.6 Å². The predicted molar refractivity (Wildman–Crippen MR) is 69.1 cm³/mol. The molecule has 5 heteroatoms. The lowest BCUT2D eigenvalue weighted by molar-refractivity contribution is -0.139. The summed E-state index contributed by atoms with van der Waals surface area (Å²) < 4.78 is 5.19. The number of benzene rings is 1. The van der Waals surface area contributed by atoms with Crippen LogP contribution in [0.1, 0.15) is 24.4 Å². The molecule has 0 radical (unpaired) electrons. The lowest BCUT2D eigenvalue weighted by Gasteiger charge is -2.17. The normalized spacial score (nSPS) is 16.3. The number of carboxylic acids is 1. The maximum absolute atomic E-state index is 11.4. The van der Waals surface area contributed by atoms with Gasteiger partial charge in [-0.1, -0.05) is 11.6 Å². The first-order valence-corrected chi connectivity index (χ1v) is 6.29. The van der Waals surface area contributed by atoms with Crippen molar-refractivity contribution in [1.29, 1.82) is 0 Å². The van der Waals surface area contributed by atoms with Crippen molar-refractivity contribution in [1.82, 2.24) is 5.32 Å². The average Bonchev–Trinajstić information content (AvgIpc) is 3.13. The second kappa shape index (κ2) is 5.59. The highest BCUT2D eigenvalue weighted by molar-refractivity contribution is 6.30. The van der Waals surface area contributed by atoms with Crippen molar-refractivity contribution in [2.24, 2.45) is 5.92 Å². The number of nitrogens with one attached hydrogen (secondary N) is 1. The van der Waals surface area contributed by atoms with Crippen LogP contribution in [0.5, 0.6) is 5.75 Å². The van der Waals surface area contributed by atoms with E-state index in [4.69, 9.17) is 16.3 Å². The quantitative estimate of drug-likeness (QED) is 0.833. The number of hydrogen-bond donors (Lipinski definition) is 2. The lowest BCUT2D eigenvalue weighted by atomic mass is 10.1. The Kier molecular flexibility index (Phi) is 4.09. The van der Waals surface area contributed by atoms with E-state index >= 15 is 0 Å². The van der Waals surface area contributed by atoms with Crippen LogP contribution in [0.2, 0.25) is 5.02 Å². The van der Waals surface area contributed by atoms with Gasteiger partial charge < -0.3 is 15.2 Å². The summed E-state index contributed by atoms with van der Waals surface area (Å²) >= 11 is 5.92. The van der Waals surface area contributed by atoms with Gasteiger partial charge in [0, 0.05) is 10.6 Å². The third-order valence-corrected chi connectivity index (χ3v) is 3.29. The summed E-state index contributed by atoms with van der Waals surface area (Å²) in [4.78, 5) is 11.4. The van der Waals surface area contributed by atoms with Crippen molar-refractivity contribution in [2.45, 2.75) is 18.9 Å². The predicted octanol–water partition coefficient (Wildman–Crippen LogP) is 2.47. The number of hydrogen-bond acceptors (Lipinski definition) is 3. The summed E-state index contributed by atoms with van der Waals surface area (Å²) in [7, 11) is 1.52. The molecule has 1 aliphatic rings. The minimum atomic E-state index is -0.920. The molecule has 4 nitrogen and oxygen atoms in total. The van der Waals surface area contributed by atoms with Crippen LogP contribution in [0.4, 0.5) is 0 Å². The Morgan fingerprint density at radius 3 is 2.89 bits per heavy atom. The Hall–Kier alpha value is -1.26. The highest BCUT2D eigenvalue weighted by Crippen LogP contribution is 2.31. The standard InChI is InChI=1S/C13H16ClNO3/c1-18-11-5-4-9(14)6-10(11)12(13(16)17)15-7-8-2-3-8/h4-6,8,12,15H,2-3,7H2,1H3,(H,16,17). The average molecular weight is 270 g/mol. The van der Waals surface area contributed by atoms with Crippen molar-refractivity contribution < 1.29 is 14.6 Å². The van der Waals surface area contributed by atoms with Gasteiger partial charge >= 0.3 is 5.97 Å². The van der Waals surface area contributed by atoms with Gasteiger partial charge in [0.2, 0.25) is 0 Å². The summed E-state index contributed by atoms with van der Waals surface area (Å²) in [5, 5.41) is 12.9. The van der Waals surface area contributed by atoms with Crippen LogP contribution in [0, 0.1) is 5.92 Å². The molecule has 18 heavy (non-hydrogen) atoms. The van der Waals surface area contributed by atoms with E-state index in [0.717, 1.165) is 0 Å². The van der Waals surface area contributed by atoms with E-state index in [1.165, 1.54) is 20.0 Å². The van der Waals surface area contributed by atoms with Gasteiger partial charge in [0.15, 0.2) is 0 Å². The molecule has 0 aromatic heterocycles. The number of ether oxygens (including phenoxy) is 1. The van der Waals surface area contributed by atoms with E-state index in [0.29, 0.717) is 28.8 Å². The number of aliphatic carboxylic acids is 1. The Labute approximate surface area is 111 Å². The number of methoxy groups -OCH3 is 1. The second-order valence-electron chi connectivity index (χ2n) is 4.51. The van der Waals surface area contributed by atoms with Gasteiger partial charge in [0.25, 0.3) is 0 Å². The zero-order valence-corrected chi connectivity index (χ0v) is 10.9. The molecule has 0 aliphatic heterocycles. The molecule has 1 unspecified atom stereocenters. The second-order valence-corrected chi connectivity index (χ2v) is 4.95. The molecule has 1 aromatic carbocycles. The van der Waals surface area contributed by atoms with E-state index in [1.807, 2.05) is 0 Å². The van der Waals surface area contributed by atoms with E-state index in [-0.39, 0.29) is 0 Å². The largest absolute Gasteiger partial charge is 0.496 e. The highest BCUT2D eigenvalue weighted by atomic mass is 35.5. The van der Waals surface area contributed by atoms with Crippen molar-refractivity contribution in [3.8, 4) is 5.75 Å². The molecule has 0 bridgehead atoms. The summed E-state index contributed by atoms with van der Waals surface area (Å²) in [5.74, 6) is 0.225. The fourth-order valence-corrected chi connectivity index (χ4v) is 2.05. The molecule has 0 amide bonds. The molecule has 0 heterocycles. The van der Waals surface area contributed by atoms with Crippen LogP contribution in [-0.2, 0) is 4.79 Å². The summed E-state index contributed by atoms with van der Waals surface area (Å²) in [5.41, 5.74) is 0.568. The van der Waals surface area contributed by atoms with E-state index < -0.39 is 12.0 Å². The monoisotopic (exact) mass is 269 g/mol. The Bertz CT molecular complexity index is 446. The van der Waals surface area contributed by atoms with E-state index in [9.17, 15) is 9.90 Å². The fraction of sp³-hybridized carbons (Fsp3) is 0.462. The smallest absolute Gasteiger partial charge is 0.325 e. The molecular weight excluding hydrogens is 254 g/mol. The molecule has 0 spiro atoms. The summed E-state index contributed by atoms with van der Waals surface area (Å²) in [6.07, 6.45) is 2.35. The highest BCUT2D eigenvalue weighted by Gasteiger charge is 2.27. The van der Waals surface area contributed by atoms with Crippen LogP contribution in [0.3, 0.4) is 0 Å². The molecule has 2 N–H and O–H groups in total. The number of carbonyl (C=O) groups is 1. The molecule has 1 atom stereocenters. The van der Waals surface area contributed by atoms with Crippen LogP contribution < -0.4 is 10.1 Å². The zero-order chi connectivity index (χ0) is 13.1. The van der Waals surface area contributed by atoms with Crippen molar-refractivity contribution in [3.05, 3.63) is 28.8 Å². The third-order valence-electron chi connectivity index (χ3n) is 3.06. The van der Waals surface area contributed by atoms with Crippen molar-refractivity contribution >= 4 is 17.6 Å². The van der Waals surface area contributed by atoms with Gasteiger partial charge in [0.1, 0.15) is 11.8 Å². The Morgan fingerprint density at radius 1 is 1.61 bits per heavy atom. The minimum Gasteiger partial charge on any atom is -0.496 e. The summed E-state index contributed by atoms with van der Waals surface area (Å²) in [6.45, 7) is 0.715. The third kappa shape index (κ3) is 3.15. The molecule has 1 aromatic rings. The topological polar surface area (TPSA) is 58.6 Å². The van der Waals surface area contributed by atoms with Crippen LogP contribution in [0.25, 0.3) is 0 Å². The van der Waals surface area contributed by atoms with Gasteiger partial charge in [0.05, 0.1) is 7.11 Å². The molecule has 98 valence electrons. The van der Waals surface area contributed by atoms with Gasteiger partial charge in [-0.3, -0.25) is 4.79 Å². The van der Waals surface area contributed by atoms with E-state index in [1.54, 1.807) is 18.2 Å². The number of carboxylic acid groups (broad SMARTS) is 1. The van der Waals surface area contributed by atoms with Gasteiger partial charge in [-0.05, 0) is 43.5 Å². The lowest BCUT2D eigenvalue weighted by Crippen LogP contribution is -2.30. The van der Waals surface area contributed by atoms with Crippen LogP contribution in [-0.4, -0.2) is 24.7 Å². The Balaban J connectivity index is 2.21. The van der Waals surface area contributed by atoms with Gasteiger partial charge in [-0.2, -0.15) is 0 Å². The zero-order valence-electron chi connectivity index (χ0n) is 10.1. The van der Waals surface area contributed by atoms with Gasteiger partial charge in [-0.25, -0.2) is 0 Å². The number of halogens is 1. The minimum absolute atomic E-state index is 0.505. The SMILES string of the molecule is COc1ccc(Cl)cc1C(NCC1CC1)C(=O)O. The maximum Gasteiger partial charge on any atom is 0.325 e. The molecule has 0 saturated heterocycles. The first-order chi connectivity index (χ1) is 8.61. The van der Waals surface area contributed by atoms with E-state index in [2.05, 4.69) is 5.32 Å².